The first-order chi connectivity index (χ1) is 14.7. The van der Waals surface area contributed by atoms with Gasteiger partial charge in [-0.25, -0.2) is 8.78 Å². The molecule has 0 fully saturated rings. The van der Waals surface area contributed by atoms with Gasteiger partial charge in [0.1, 0.15) is 12.4 Å². The van der Waals surface area contributed by atoms with E-state index in [4.69, 9.17) is 4.74 Å². The van der Waals surface area contributed by atoms with E-state index in [2.05, 4.69) is 46.6 Å². The molecular formula is C25H20F2N2O. The monoisotopic (exact) mass is 402 g/mol. The zero-order valence-electron chi connectivity index (χ0n) is 16.1. The number of halogens is 2. The summed E-state index contributed by atoms with van der Waals surface area (Å²) in [5, 5.41) is 2.32. The van der Waals surface area contributed by atoms with Crippen LogP contribution < -0.4 is 4.74 Å². The molecule has 0 aliphatic rings. The molecule has 5 aromatic rings. The summed E-state index contributed by atoms with van der Waals surface area (Å²) in [7, 11) is 0. The molecule has 2 heterocycles. The molecule has 3 aromatic carbocycles. The molecule has 2 N–H and O–H groups in total. The van der Waals surface area contributed by atoms with Crippen molar-refractivity contribution in [1.82, 2.24) is 9.97 Å². The summed E-state index contributed by atoms with van der Waals surface area (Å²) in [6.45, 7) is -0.604. The molecule has 30 heavy (non-hydrogen) atoms. The van der Waals surface area contributed by atoms with Gasteiger partial charge in [0.2, 0.25) is 0 Å². The smallest absolute Gasteiger partial charge is 0.272 e. The van der Waals surface area contributed by atoms with Crippen LogP contribution in [0.2, 0.25) is 0 Å². The van der Waals surface area contributed by atoms with Crippen molar-refractivity contribution in [2.24, 2.45) is 0 Å². The molecule has 150 valence electrons. The van der Waals surface area contributed by atoms with Gasteiger partial charge in [-0.1, -0.05) is 48.5 Å². The molecule has 2 aromatic heterocycles. The number of ether oxygens (including phenoxy) is 1. The highest BCUT2D eigenvalue weighted by Crippen LogP contribution is 2.39. The Morgan fingerprint density at radius 1 is 0.700 bits per heavy atom. The topological polar surface area (TPSA) is 40.8 Å². The zero-order chi connectivity index (χ0) is 20.5. The number of nitrogens with one attached hydrogen (secondary N) is 2. The van der Waals surface area contributed by atoms with Crippen LogP contribution in [0.4, 0.5) is 8.78 Å². The number of hydrogen-bond donors (Lipinski definition) is 2. The summed E-state index contributed by atoms with van der Waals surface area (Å²) in [5.74, 6) is 0.414. The van der Waals surface area contributed by atoms with Crippen molar-refractivity contribution in [2.45, 2.75) is 12.3 Å². The maximum atomic E-state index is 12.5. The number of fused-ring (bicyclic) bond motifs is 2. The predicted molar refractivity (Wildman–Crippen MR) is 115 cm³/mol. The molecule has 5 heteroatoms. The standard InChI is InChI=1S/C25H20F2N2O/c26-24(27)15-30-17-11-9-16(10-12-17)25(20-13-28-22-7-3-1-5-18(20)22)21-14-29-23-8-4-2-6-19(21)23/h1-14,24-25,28-29H,15H2. The van der Waals surface area contributed by atoms with E-state index in [1.54, 1.807) is 12.1 Å². The fourth-order valence-electron chi connectivity index (χ4n) is 4.11. The lowest BCUT2D eigenvalue weighted by atomic mass is 9.85. The van der Waals surface area contributed by atoms with Gasteiger partial charge >= 0.3 is 0 Å². The molecule has 0 radical (unpaired) electrons. The SMILES string of the molecule is FC(F)COc1ccc(C(c2c[nH]c3ccccc23)c2c[nH]c3ccccc23)cc1. The first-order valence-electron chi connectivity index (χ1n) is 9.83. The lowest BCUT2D eigenvalue weighted by Gasteiger charge is -2.18. The molecule has 0 aliphatic heterocycles. The molecule has 0 unspecified atom stereocenters. The lowest BCUT2D eigenvalue weighted by molar-refractivity contribution is 0.0819. The predicted octanol–water partition coefficient (Wildman–Crippen LogP) is 6.47. The zero-order valence-corrected chi connectivity index (χ0v) is 16.1. The summed E-state index contributed by atoms with van der Waals surface area (Å²) in [4.78, 5) is 6.75. The van der Waals surface area contributed by atoms with Gasteiger partial charge in [-0.3, -0.25) is 0 Å². The van der Waals surface area contributed by atoms with E-state index >= 15 is 0 Å². The summed E-state index contributed by atoms with van der Waals surface area (Å²) in [6.07, 6.45) is 1.62. The fraction of sp³-hybridized carbons (Fsp3) is 0.120. The first kappa shape index (κ1) is 18.4. The molecule has 0 bridgehead atoms. The molecule has 3 nitrogen and oxygen atoms in total. The van der Waals surface area contributed by atoms with Crippen molar-refractivity contribution in [3.63, 3.8) is 0 Å². The third kappa shape index (κ3) is 3.32. The van der Waals surface area contributed by atoms with Gasteiger partial charge in [-0.15, -0.1) is 0 Å². The van der Waals surface area contributed by atoms with Crippen LogP contribution in [0, 0.1) is 0 Å². The first-order valence-corrected chi connectivity index (χ1v) is 9.83. The molecule has 0 saturated heterocycles. The third-order valence-electron chi connectivity index (χ3n) is 5.45. The van der Waals surface area contributed by atoms with E-state index in [9.17, 15) is 8.78 Å². The Morgan fingerprint density at radius 2 is 1.23 bits per heavy atom. The number of benzene rings is 3. The number of aromatic amines is 2. The Balaban J connectivity index is 1.64. The Morgan fingerprint density at radius 3 is 1.77 bits per heavy atom. The molecular weight excluding hydrogens is 382 g/mol. The van der Waals surface area contributed by atoms with Crippen LogP contribution in [0.1, 0.15) is 22.6 Å². The highest BCUT2D eigenvalue weighted by atomic mass is 19.3. The van der Waals surface area contributed by atoms with E-state index in [0.717, 1.165) is 38.5 Å². The van der Waals surface area contributed by atoms with Crippen LogP contribution in [-0.4, -0.2) is 23.0 Å². The minimum atomic E-state index is -2.49. The second kappa shape index (κ2) is 7.67. The van der Waals surface area contributed by atoms with Gasteiger partial charge in [0.25, 0.3) is 6.43 Å². The minimum Gasteiger partial charge on any atom is -0.488 e. The lowest BCUT2D eigenvalue weighted by Crippen LogP contribution is -2.07. The number of aromatic nitrogens is 2. The summed E-state index contributed by atoms with van der Waals surface area (Å²) >= 11 is 0. The third-order valence-corrected chi connectivity index (χ3v) is 5.45. The van der Waals surface area contributed by atoms with Gasteiger partial charge < -0.3 is 14.7 Å². The Labute approximate surface area is 172 Å². The van der Waals surface area contributed by atoms with Crippen LogP contribution >= 0.6 is 0 Å². The molecule has 0 atom stereocenters. The Bertz CT molecular complexity index is 1210. The van der Waals surface area contributed by atoms with Gasteiger partial charge in [-0.2, -0.15) is 0 Å². The Hall–Kier alpha value is -3.60. The van der Waals surface area contributed by atoms with Crippen molar-refractivity contribution < 1.29 is 13.5 Å². The molecule has 0 amide bonds. The van der Waals surface area contributed by atoms with Gasteiger partial charge in [0.15, 0.2) is 0 Å². The van der Waals surface area contributed by atoms with Gasteiger partial charge in [-0.05, 0) is 41.0 Å². The quantitative estimate of drug-likeness (QED) is 0.336. The number of hydrogen-bond acceptors (Lipinski definition) is 1. The molecule has 0 spiro atoms. The second-order valence-corrected chi connectivity index (χ2v) is 7.28. The van der Waals surface area contributed by atoms with Crippen LogP contribution in [0.3, 0.4) is 0 Å². The molecule has 5 rings (SSSR count). The van der Waals surface area contributed by atoms with Crippen LogP contribution in [0.25, 0.3) is 21.8 Å². The Kier molecular flexibility index (Phi) is 4.71. The number of para-hydroxylation sites is 2. The summed E-state index contributed by atoms with van der Waals surface area (Å²) in [6, 6.07) is 23.9. The van der Waals surface area contributed by atoms with E-state index in [1.165, 1.54) is 0 Å². The maximum Gasteiger partial charge on any atom is 0.272 e. The van der Waals surface area contributed by atoms with Crippen LogP contribution in [-0.2, 0) is 0 Å². The highest BCUT2D eigenvalue weighted by Gasteiger charge is 2.23. The largest absolute Gasteiger partial charge is 0.488 e. The fourth-order valence-corrected chi connectivity index (χ4v) is 4.11. The average molecular weight is 402 g/mol. The van der Waals surface area contributed by atoms with E-state index in [-0.39, 0.29) is 5.92 Å². The average Bonchev–Trinajstić information content (AvgIpc) is 3.39. The van der Waals surface area contributed by atoms with Crippen LogP contribution in [0.15, 0.2) is 85.2 Å². The second-order valence-electron chi connectivity index (χ2n) is 7.28. The van der Waals surface area contributed by atoms with Crippen molar-refractivity contribution in [2.75, 3.05) is 6.61 Å². The molecule has 0 saturated carbocycles. The summed E-state index contributed by atoms with van der Waals surface area (Å²) in [5.41, 5.74) is 5.55. The van der Waals surface area contributed by atoms with Gasteiger partial charge in [0.05, 0.1) is 0 Å². The highest BCUT2D eigenvalue weighted by molar-refractivity contribution is 5.89. The van der Waals surface area contributed by atoms with Crippen LogP contribution in [0.5, 0.6) is 5.75 Å². The normalized spacial score (nSPS) is 11.7. The van der Waals surface area contributed by atoms with Crippen molar-refractivity contribution in [3.05, 3.63) is 102 Å². The van der Waals surface area contributed by atoms with E-state index in [1.807, 2.05) is 36.4 Å². The number of H-pyrrole nitrogens is 2. The van der Waals surface area contributed by atoms with Crippen molar-refractivity contribution in [1.29, 1.82) is 0 Å². The number of alkyl halides is 2. The minimum absolute atomic E-state index is 0.0264. The number of rotatable bonds is 6. The molecule has 0 aliphatic carbocycles. The maximum absolute atomic E-state index is 12.5. The van der Waals surface area contributed by atoms with Crippen molar-refractivity contribution in [3.8, 4) is 5.75 Å². The van der Waals surface area contributed by atoms with E-state index in [0.29, 0.717) is 5.75 Å². The van der Waals surface area contributed by atoms with Gasteiger partial charge in [0, 0.05) is 40.1 Å². The van der Waals surface area contributed by atoms with Crippen molar-refractivity contribution >= 4 is 21.8 Å². The summed E-state index contributed by atoms with van der Waals surface area (Å²) < 4.78 is 30.1. The van der Waals surface area contributed by atoms with E-state index < -0.39 is 13.0 Å².